The van der Waals surface area contributed by atoms with Crippen LogP contribution >= 0.6 is 0 Å². The molecule has 1 amide bonds. The second-order valence-electron chi connectivity index (χ2n) is 6.84. The van der Waals surface area contributed by atoms with E-state index in [0.29, 0.717) is 23.6 Å². The highest BCUT2D eigenvalue weighted by Crippen LogP contribution is 2.28. The number of nitro benzene ring substituents is 1. The molecule has 0 radical (unpaired) electrons. The average molecular weight is 389 g/mol. The van der Waals surface area contributed by atoms with E-state index in [2.05, 4.69) is 17.3 Å². The van der Waals surface area contributed by atoms with Gasteiger partial charge in [0.2, 0.25) is 0 Å². The zero-order valence-corrected chi connectivity index (χ0v) is 16.0. The van der Waals surface area contributed by atoms with Gasteiger partial charge in [-0.25, -0.2) is 9.67 Å². The molecule has 2 aromatic carbocycles. The summed E-state index contributed by atoms with van der Waals surface area (Å²) in [6.07, 6.45) is 0.875. The predicted molar refractivity (Wildman–Crippen MR) is 111 cm³/mol. The first kappa shape index (κ1) is 18.5. The molecule has 2 aromatic heterocycles. The summed E-state index contributed by atoms with van der Waals surface area (Å²) in [4.78, 5) is 27.8. The van der Waals surface area contributed by atoms with E-state index in [1.165, 1.54) is 24.3 Å². The number of rotatable bonds is 5. The fourth-order valence-electron chi connectivity index (χ4n) is 3.30. The van der Waals surface area contributed by atoms with Gasteiger partial charge < -0.3 is 5.32 Å². The number of anilines is 1. The quantitative estimate of drug-likeness (QED) is 0.401. The van der Waals surface area contributed by atoms with Crippen LogP contribution in [0.4, 0.5) is 11.5 Å². The van der Waals surface area contributed by atoms with Gasteiger partial charge in [-0.2, -0.15) is 5.10 Å². The largest absolute Gasteiger partial charge is 0.305 e. The number of aromatic nitrogens is 3. The van der Waals surface area contributed by atoms with Crippen LogP contribution in [0.3, 0.4) is 0 Å². The summed E-state index contributed by atoms with van der Waals surface area (Å²) in [6, 6.07) is 13.4. The van der Waals surface area contributed by atoms with Gasteiger partial charge in [-0.15, -0.1) is 0 Å². The maximum Gasteiger partial charge on any atom is 0.269 e. The Kier molecular flexibility index (Phi) is 4.67. The molecule has 0 aliphatic carbocycles. The van der Waals surface area contributed by atoms with E-state index >= 15 is 0 Å². The van der Waals surface area contributed by atoms with Gasteiger partial charge in [-0.3, -0.25) is 14.9 Å². The number of fused-ring (bicyclic) bond motifs is 2. The molecule has 1 N–H and O–H groups in total. The number of amides is 1. The zero-order chi connectivity index (χ0) is 20.5. The first-order valence-electron chi connectivity index (χ1n) is 9.30. The predicted octanol–water partition coefficient (Wildman–Crippen LogP) is 4.46. The van der Waals surface area contributed by atoms with E-state index < -0.39 is 4.92 Å². The SMILES string of the molecule is CCCn1nc(NC(=O)c2ccc([N+](=O)[O-])cc2)c2cc3cccc(C)c3nc21. The van der Waals surface area contributed by atoms with Crippen molar-refractivity contribution in [3.63, 3.8) is 0 Å². The van der Waals surface area contributed by atoms with E-state index in [1.54, 1.807) is 4.68 Å². The third-order valence-corrected chi connectivity index (χ3v) is 4.76. The Morgan fingerprint density at radius 1 is 1.21 bits per heavy atom. The van der Waals surface area contributed by atoms with Crippen molar-refractivity contribution in [3.05, 3.63) is 69.8 Å². The van der Waals surface area contributed by atoms with E-state index in [4.69, 9.17) is 4.98 Å². The third kappa shape index (κ3) is 3.40. The van der Waals surface area contributed by atoms with Crippen LogP contribution < -0.4 is 5.32 Å². The molecule has 0 saturated carbocycles. The molecule has 0 aliphatic heterocycles. The number of carbonyl (C=O) groups excluding carboxylic acids is 1. The maximum atomic E-state index is 12.7. The fourth-order valence-corrected chi connectivity index (χ4v) is 3.30. The second kappa shape index (κ2) is 7.31. The normalized spacial score (nSPS) is 11.1. The van der Waals surface area contributed by atoms with Gasteiger partial charge in [0, 0.05) is 29.6 Å². The highest BCUT2D eigenvalue weighted by molar-refractivity contribution is 6.09. The molecule has 0 aliphatic rings. The van der Waals surface area contributed by atoms with Crippen LogP contribution in [0.2, 0.25) is 0 Å². The molecule has 29 heavy (non-hydrogen) atoms. The van der Waals surface area contributed by atoms with Crippen molar-refractivity contribution in [2.24, 2.45) is 0 Å². The molecule has 4 aromatic rings. The molecule has 0 atom stereocenters. The molecule has 0 saturated heterocycles. The lowest BCUT2D eigenvalue weighted by Crippen LogP contribution is -2.13. The number of hydrogen-bond donors (Lipinski definition) is 1. The number of aryl methyl sites for hydroxylation is 2. The molecule has 0 bridgehead atoms. The monoisotopic (exact) mass is 389 g/mol. The van der Waals surface area contributed by atoms with Crippen LogP contribution in [-0.2, 0) is 6.54 Å². The van der Waals surface area contributed by atoms with Crippen molar-refractivity contribution in [1.82, 2.24) is 14.8 Å². The van der Waals surface area contributed by atoms with Crippen molar-refractivity contribution in [1.29, 1.82) is 0 Å². The van der Waals surface area contributed by atoms with Crippen LogP contribution in [0.25, 0.3) is 21.9 Å². The van der Waals surface area contributed by atoms with Crippen molar-refractivity contribution in [2.45, 2.75) is 26.8 Å². The van der Waals surface area contributed by atoms with Gasteiger partial charge in [0.05, 0.1) is 15.8 Å². The van der Waals surface area contributed by atoms with Crippen LogP contribution in [0.5, 0.6) is 0 Å². The second-order valence-corrected chi connectivity index (χ2v) is 6.84. The minimum Gasteiger partial charge on any atom is -0.305 e. The van der Waals surface area contributed by atoms with Gasteiger partial charge in [0.25, 0.3) is 11.6 Å². The molecule has 8 heteroatoms. The van der Waals surface area contributed by atoms with Gasteiger partial charge in [-0.05, 0) is 37.1 Å². The Morgan fingerprint density at radius 2 is 1.97 bits per heavy atom. The Balaban J connectivity index is 1.76. The topological polar surface area (TPSA) is 103 Å². The van der Waals surface area contributed by atoms with Crippen LogP contribution in [0, 0.1) is 17.0 Å². The Hall–Kier alpha value is -3.81. The summed E-state index contributed by atoms with van der Waals surface area (Å²) in [6.45, 7) is 4.74. The van der Waals surface area contributed by atoms with Crippen LogP contribution in [-0.4, -0.2) is 25.6 Å². The average Bonchev–Trinajstić information content (AvgIpc) is 3.04. The number of nitrogens with one attached hydrogen (secondary N) is 1. The van der Waals surface area contributed by atoms with Crippen molar-refractivity contribution < 1.29 is 9.72 Å². The van der Waals surface area contributed by atoms with Crippen LogP contribution in [0.1, 0.15) is 29.3 Å². The van der Waals surface area contributed by atoms with E-state index in [-0.39, 0.29) is 11.6 Å². The van der Waals surface area contributed by atoms with Gasteiger partial charge in [0.1, 0.15) is 0 Å². The van der Waals surface area contributed by atoms with Gasteiger partial charge >= 0.3 is 0 Å². The van der Waals surface area contributed by atoms with Crippen molar-refractivity contribution >= 4 is 39.3 Å². The molecule has 0 unspecified atom stereocenters. The number of benzene rings is 2. The summed E-state index contributed by atoms with van der Waals surface area (Å²) in [5, 5.41) is 19.9. The lowest BCUT2D eigenvalue weighted by Gasteiger charge is -2.04. The lowest BCUT2D eigenvalue weighted by molar-refractivity contribution is -0.384. The molecule has 146 valence electrons. The highest BCUT2D eigenvalue weighted by Gasteiger charge is 2.17. The molecule has 2 heterocycles. The Labute approximate surface area is 166 Å². The van der Waals surface area contributed by atoms with Gasteiger partial charge in [-0.1, -0.05) is 25.1 Å². The summed E-state index contributed by atoms with van der Waals surface area (Å²) in [5.74, 6) is 0.0417. The standard InChI is InChI=1S/C21H19N5O3/c1-3-11-25-20-17(12-15-6-4-5-13(2)18(15)22-20)19(24-25)23-21(27)14-7-9-16(10-8-14)26(28)29/h4-10,12H,3,11H2,1-2H3,(H,23,24,27). The zero-order valence-electron chi connectivity index (χ0n) is 16.0. The van der Waals surface area contributed by atoms with E-state index in [9.17, 15) is 14.9 Å². The minimum absolute atomic E-state index is 0.0646. The molecular formula is C21H19N5O3. The molecule has 4 rings (SSSR count). The summed E-state index contributed by atoms with van der Waals surface area (Å²) in [7, 11) is 0. The summed E-state index contributed by atoms with van der Waals surface area (Å²) in [5.41, 5.74) is 2.95. The minimum atomic E-state index is -0.500. The number of non-ortho nitro benzene ring substituents is 1. The number of pyridine rings is 1. The number of nitrogens with zero attached hydrogens (tertiary/aromatic N) is 4. The molecular weight excluding hydrogens is 370 g/mol. The summed E-state index contributed by atoms with van der Waals surface area (Å²) >= 11 is 0. The maximum absolute atomic E-state index is 12.7. The first-order chi connectivity index (χ1) is 14.0. The van der Waals surface area contributed by atoms with Gasteiger partial charge in [0.15, 0.2) is 11.5 Å². The van der Waals surface area contributed by atoms with E-state index in [1.807, 2.05) is 31.2 Å². The first-order valence-corrected chi connectivity index (χ1v) is 9.30. The van der Waals surface area contributed by atoms with Crippen molar-refractivity contribution in [3.8, 4) is 0 Å². The molecule has 0 fully saturated rings. The molecule has 0 spiro atoms. The Morgan fingerprint density at radius 3 is 2.66 bits per heavy atom. The summed E-state index contributed by atoms with van der Waals surface area (Å²) < 4.78 is 1.80. The lowest BCUT2D eigenvalue weighted by atomic mass is 10.1. The van der Waals surface area contributed by atoms with E-state index in [0.717, 1.165) is 28.3 Å². The number of hydrogen-bond acceptors (Lipinski definition) is 5. The highest BCUT2D eigenvalue weighted by atomic mass is 16.6. The molecule has 8 nitrogen and oxygen atoms in total. The number of para-hydroxylation sites is 1. The number of carbonyl (C=O) groups is 1. The third-order valence-electron chi connectivity index (χ3n) is 4.76. The fraction of sp³-hybridized carbons (Fsp3) is 0.190. The van der Waals surface area contributed by atoms with Crippen LogP contribution in [0.15, 0.2) is 48.5 Å². The Bertz CT molecular complexity index is 1240. The smallest absolute Gasteiger partial charge is 0.269 e. The number of nitro groups is 1. The van der Waals surface area contributed by atoms with Crippen molar-refractivity contribution in [2.75, 3.05) is 5.32 Å².